The predicted octanol–water partition coefficient (Wildman–Crippen LogP) is 1.42. The molecule has 1 aromatic rings. The molecule has 1 heterocycles. The van der Waals surface area contributed by atoms with Gasteiger partial charge in [0, 0.05) is 6.54 Å². The quantitative estimate of drug-likeness (QED) is 0.801. The van der Waals surface area contributed by atoms with Gasteiger partial charge in [-0.1, -0.05) is 18.3 Å². The molecule has 0 bridgehead atoms. The largest absolute Gasteiger partial charge is 0.394 e. The van der Waals surface area contributed by atoms with Crippen molar-refractivity contribution in [2.24, 2.45) is 5.73 Å². The fourth-order valence-electron chi connectivity index (χ4n) is 2.34. The number of nitrogens with two attached hydrogens (primary N) is 1. The third kappa shape index (κ3) is 2.25. The van der Waals surface area contributed by atoms with Gasteiger partial charge in [0.2, 0.25) is 0 Å². The molecule has 0 radical (unpaired) electrons. The Labute approximate surface area is 105 Å². The van der Waals surface area contributed by atoms with Crippen LogP contribution in [0.15, 0.2) is 18.2 Å². The summed E-state index contributed by atoms with van der Waals surface area (Å²) < 4.78 is 13.7. The normalized spacial score (nSPS) is 19.6. The van der Waals surface area contributed by atoms with E-state index in [9.17, 15) is 9.50 Å². The number of aliphatic hydroxyl groups excluding tert-OH is 1. The predicted molar refractivity (Wildman–Crippen MR) is 69.7 cm³/mol. The molecule has 0 saturated carbocycles. The molecule has 0 spiro atoms. The lowest BCUT2D eigenvalue weighted by Gasteiger charge is -2.27. The van der Waals surface area contributed by atoms with E-state index in [0.717, 1.165) is 19.4 Å². The highest BCUT2D eigenvalue weighted by atomic mass is 32.1. The van der Waals surface area contributed by atoms with Gasteiger partial charge < -0.3 is 15.7 Å². The number of thiocarbonyl (C=S) groups is 1. The molecule has 17 heavy (non-hydrogen) atoms. The molecule has 92 valence electrons. The second-order valence-corrected chi connectivity index (χ2v) is 4.61. The SMILES string of the molecule is NC(=S)c1c(F)cccc1N1CCCC1CO. The van der Waals surface area contributed by atoms with Crippen LogP contribution >= 0.6 is 12.2 Å². The van der Waals surface area contributed by atoms with Gasteiger partial charge in [-0.15, -0.1) is 0 Å². The molecule has 1 aliphatic heterocycles. The first-order valence-corrected chi connectivity index (χ1v) is 6.01. The first kappa shape index (κ1) is 12.3. The number of halogens is 1. The van der Waals surface area contributed by atoms with Crippen LogP contribution in [-0.2, 0) is 0 Å². The molecule has 1 saturated heterocycles. The average Bonchev–Trinajstić information content (AvgIpc) is 2.75. The summed E-state index contributed by atoms with van der Waals surface area (Å²) in [5.74, 6) is -0.404. The number of hydrogen-bond donors (Lipinski definition) is 2. The molecule has 1 aliphatic rings. The van der Waals surface area contributed by atoms with Crippen molar-refractivity contribution in [3.63, 3.8) is 0 Å². The Bertz CT molecular complexity index is 439. The number of rotatable bonds is 3. The van der Waals surface area contributed by atoms with E-state index in [2.05, 4.69) is 0 Å². The molecule has 0 aliphatic carbocycles. The Morgan fingerprint density at radius 2 is 2.35 bits per heavy atom. The van der Waals surface area contributed by atoms with Crippen molar-refractivity contribution >= 4 is 22.9 Å². The second kappa shape index (κ2) is 4.98. The first-order valence-electron chi connectivity index (χ1n) is 5.61. The molecule has 3 N–H and O–H groups in total. The lowest BCUT2D eigenvalue weighted by Crippen LogP contribution is -2.34. The topological polar surface area (TPSA) is 49.5 Å². The van der Waals surface area contributed by atoms with Crippen molar-refractivity contribution in [1.29, 1.82) is 0 Å². The first-order chi connectivity index (χ1) is 8.15. The smallest absolute Gasteiger partial charge is 0.135 e. The van der Waals surface area contributed by atoms with E-state index in [-0.39, 0.29) is 23.2 Å². The van der Waals surface area contributed by atoms with Gasteiger partial charge in [-0.05, 0) is 25.0 Å². The third-order valence-electron chi connectivity index (χ3n) is 3.14. The highest BCUT2D eigenvalue weighted by Crippen LogP contribution is 2.29. The maximum atomic E-state index is 13.7. The number of benzene rings is 1. The van der Waals surface area contributed by atoms with E-state index >= 15 is 0 Å². The van der Waals surface area contributed by atoms with Crippen LogP contribution in [0.3, 0.4) is 0 Å². The standard InChI is InChI=1S/C12H15FN2OS/c13-9-4-1-5-10(11(9)12(14)17)15-6-2-3-8(15)7-16/h1,4-5,8,16H,2-3,6-7H2,(H2,14,17). The van der Waals surface area contributed by atoms with Gasteiger partial charge in [0.1, 0.15) is 10.8 Å². The Morgan fingerprint density at radius 3 is 3.00 bits per heavy atom. The maximum absolute atomic E-state index is 13.7. The zero-order valence-corrected chi connectivity index (χ0v) is 10.2. The molecule has 3 nitrogen and oxygen atoms in total. The monoisotopic (exact) mass is 254 g/mol. The summed E-state index contributed by atoms with van der Waals surface area (Å²) >= 11 is 4.90. The number of hydrogen-bond acceptors (Lipinski definition) is 3. The number of aliphatic hydroxyl groups is 1. The molecule has 1 aromatic carbocycles. The van der Waals surface area contributed by atoms with Crippen molar-refractivity contribution in [3.05, 3.63) is 29.6 Å². The third-order valence-corrected chi connectivity index (χ3v) is 3.34. The van der Waals surface area contributed by atoms with Crippen LogP contribution in [0.4, 0.5) is 10.1 Å². The highest BCUT2D eigenvalue weighted by Gasteiger charge is 2.27. The van der Waals surface area contributed by atoms with E-state index in [0.29, 0.717) is 5.69 Å². The molecule has 1 atom stereocenters. The van der Waals surface area contributed by atoms with E-state index in [4.69, 9.17) is 18.0 Å². The molecule has 2 rings (SSSR count). The van der Waals surface area contributed by atoms with Crippen LogP contribution in [0.2, 0.25) is 0 Å². The Balaban J connectivity index is 2.44. The minimum absolute atomic E-state index is 0.0323. The van der Waals surface area contributed by atoms with Crippen molar-refractivity contribution in [3.8, 4) is 0 Å². The van der Waals surface area contributed by atoms with Gasteiger partial charge >= 0.3 is 0 Å². The van der Waals surface area contributed by atoms with Crippen LogP contribution in [-0.4, -0.2) is 29.3 Å². The van der Waals surface area contributed by atoms with E-state index in [1.54, 1.807) is 12.1 Å². The zero-order chi connectivity index (χ0) is 12.4. The number of nitrogens with zero attached hydrogens (tertiary/aromatic N) is 1. The Morgan fingerprint density at radius 1 is 1.59 bits per heavy atom. The zero-order valence-electron chi connectivity index (χ0n) is 9.40. The Hall–Kier alpha value is -1.20. The summed E-state index contributed by atoms with van der Waals surface area (Å²) in [7, 11) is 0. The summed E-state index contributed by atoms with van der Waals surface area (Å²) in [5, 5.41) is 9.30. The highest BCUT2D eigenvalue weighted by molar-refractivity contribution is 7.80. The minimum atomic E-state index is -0.404. The summed E-state index contributed by atoms with van der Waals surface area (Å²) in [4.78, 5) is 2.04. The second-order valence-electron chi connectivity index (χ2n) is 4.17. The van der Waals surface area contributed by atoms with Gasteiger partial charge in [0.25, 0.3) is 0 Å². The fraction of sp³-hybridized carbons (Fsp3) is 0.417. The van der Waals surface area contributed by atoms with Crippen molar-refractivity contribution in [1.82, 2.24) is 0 Å². The van der Waals surface area contributed by atoms with Crippen LogP contribution in [0, 0.1) is 5.82 Å². The minimum Gasteiger partial charge on any atom is -0.394 e. The summed E-state index contributed by atoms with van der Waals surface area (Å²) in [6, 6.07) is 4.82. The van der Waals surface area contributed by atoms with Crippen LogP contribution < -0.4 is 10.6 Å². The van der Waals surface area contributed by atoms with Gasteiger partial charge in [-0.2, -0.15) is 0 Å². The van der Waals surface area contributed by atoms with Gasteiger partial charge in [0.15, 0.2) is 0 Å². The summed E-state index contributed by atoms with van der Waals surface area (Å²) in [5.41, 5.74) is 6.54. The van der Waals surface area contributed by atoms with E-state index < -0.39 is 5.82 Å². The van der Waals surface area contributed by atoms with Crippen molar-refractivity contribution < 1.29 is 9.50 Å². The molecule has 1 fully saturated rings. The summed E-state index contributed by atoms with van der Waals surface area (Å²) in [6.45, 7) is 0.859. The van der Waals surface area contributed by atoms with Gasteiger partial charge in [-0.3, -0.25) is 0 Å². The van der Waals surface area contributed by atoms with Crippen molar-refractivity contribution in [2.45, 2.75) is 18.9 Å². The van der Waals surface area contributed by atoms with Crippen molar-refractivity contribution in [2.75, 3.05) is 18.1 Å². The van der Waals surface area contributed by atoms with Gasteiger partial charge in [0.05, 0.1) is 23.9 Å². The molecular weight excluding hydrogens is 239 g/mol. The van der Waals surface area contributed by atoms with E-state index in [1.807, 2.05) is 4.90 Å². The van der Waals surface area contributed by atoms with E-state index in [1.165, 1.54) is 6.07 Å². The van der Waals surface area contributed by atoms with Crippen LogP contribution in [0.5, 0.6) is 0 Å². The molecule has 0 aromatic heterocycles. The lowest BCUT2D eigenvalue weighted by atomic mass is 10.1. The van der Waals surface area contributed by atoms with Gasteiger partial charge in [-0.25, -0.2) is 4.39 Å². The van der Waals surface area contributed by atoms with Crippen LogP contribution in [0.1, 0.15) is 18.4 Å². The van der Waals surface area contributed by atoms with Crippen LogP contribution in [0.25, 0.3) is 0 Å². The molecular formula is C12H15FN2OS. The molecule has 1 unspecified atom stereocenters. The summed E-state index contributed by atoms with van der Waals surface area (Å²) in [6.07, 6.45) is 1.89. The maximum Gasteiger partial charge on any atom is 0.135 e. The lowest BCUT2D eigenvalue weighted by molar-refractivity contribution is 0.266. The molecule has 0 amide bonds. The molecule has 5 heteroatoms. The Kier molecular flexibility index (Phi) is 3.59. The average molecular weight is 254 g/mol. The fourth-order valence-corrected chi connectivity index (χ4v) is 2.54. The number of anilines is 1.